The number of amides is 2. The molecular formula is C19H21F3N4O5S. The first-order valence-corrected chi connectivity index (χ1v) is 10.8. The van der Waals surface area contributed by atoms with Crippen LogP contribution in [0, 0.1) is 0 Å². The molecule has 0 aliphatic carbocycles. The summed E-state index contributed by atoms with van der Waals surface area (Å²) in [6, 6.07) is 7.55. The smallest absolute Gasteiger partial charge is 0.422 e. The molecular weight excluding hydrogens is 453 g/mol. The number of carbonyl (C=O) groups is 2. The zero-order chi connectivity index (χ0) is 23.9. The number of nitrogens with one attached hydrogen (secondary N) is 2. The van der Waals surface area contributed by atoms with Crippen molar-refractivity contribution in [2.45, 2.75) is 24.9 Å². The molecule has 2 N–H and O–H groups in total. The zero-order valence-corrected chi connectivity index (χ0v) is 18.0. The van der Waals surface area contributed by atoms with Gasteiger partial charge in [0.2, 0.25) is 15.9 Å². The molecule has 0 unspecified atom stereocenters. The molecule has 2 rings (SSSR count). The van der Waals surface area contributed by atoms with Crippen molar-refractivity contribution in [3.63, 3.8) is 0 Å². The van der Waals surface area contributed by atoms with Crippen LogP contribution in [-0.2, 0) is 10.0 Å². The molecule has 2 aromatic rings. The van der Waals surface area contributed by atoms with E-state index in [1.54, 1.807) is 13.8 Å². The van der Waals surface area contributed by atoms with E-state index in [4.69, 9.17) is 0 Å². The second-order valence-electron chi connectivity index (χ2n) is 6.31. The van der Waals surface area contributed by atoms with E-state index in [1.165, 1.54) is 28.6 Å². The lowest BCUT2D eigenvalue weighted by Crippen LogP contribution is -2.41. The highest BCUT2D eigenvalue weighted by atomic mass is 32.2. The first-order chi connectivity index (χ1) is 15.0. The molecule has 0 radical (unpaired) electrons. The van der Waals surface area contributed by atoms with Crippen molar-refractivity contribution in [3.8, 4) is 5.88 Å². The Balaban J connectivity index is 2.01. The Kier molecular flexibility index (Phi) is 8.16. The van der Waals surface area contributed by atoms with Gasteiger partial charge in [-0.15, -0.1) is 0 Å². The molecule has 1 aromatic carbocycles. The van der Waals surface area contributed by atoms with Gasteiger partial charge >= 0.3 is 6.18 Å². The summed E-state index contributed by atoms with van der Waals surface area (Å²) in [7, 11) is -3.77. The summed E-state index contributed by atoms with van der Waals surface area (Å²) >= 11 is 0. The van der Waals surface area contributed by atoms with E-state index < -0.39 is 34.6 Å². The molecule has 2 amide bonds. The number of hydrazine groups is 1. The Bertz CT molecular complexity index is 1060. The summed E-state index contributed by atoms with van der Waals surface area (Å²) in [6.45, 7) is 2.39. The highest BCUT2D eigenvalue weighted by Gasteiger charge is 2.28. The fraction of sp³-hybridized carbons (Fsp3) is 0.316. The first kappa shape index (κ1) is 25.1. The Morgan fingerprint density at radius 1 is 1.03 bits per heavy atom. The van der Waals surface area contributed by atoms with Crippen molar-refractivity contribution in [1.29, 1.82) is 0 Å². The van der Waals surface area contributed by atoms with E-state index in [9.17, 15) is 31.2 Å². The van der Waals surface area contributed by atoms with Crippen molar-refractivity contribution in [2.75, 3.05) is 19.7 Å². The van der Waals surface area contributed by atoms with E-state index >= 15 is 0 Å². The predicted molar refractivity (Wildman–Crippen MR) is 107 cm³/mol. The Morgan fingerprint density at radius 2 is 1.66 bits per heavy atom. The number of sulfonamides is 1. The second kappa shape index (κ2) is 10.4. The monoisotopic (exact) mass is 474 g/mol. The van der Waals surface area contributed by atoms with Gasteiger partial charge in [0.25, 0.3) is 11.8 Å². The topological polar surface area (TPSA) is 118 Å². The number of hydrogen-bond acceptors (Lipinski definition) is 6. The van der Waals surface area contributed by atoms with Gasteiger partial charge in [0.05, 0.1) is 10.5 Å². The van der Waals surface area contributed by atoms with Crippen LogP contribution in [0.2, 0.25) is 0 Å². The van der Waals surface area contributed by atoms with Crippen molar-refractivity contribution >= 4 is 21.8 Å². The minimum atomic E-state index is -4.52. The van der Waals surface area contributed by atoms with Gasteiger partial charge < -0.3 is 4.74 Å². The van der Waals surface area contributed by atoms with Gasteiger partial charge in [-0.05, 0) is 24.3 Å². The fourth-order valence-electron chi connectivity index (χ4n) is 2.52. The lowest BCUT2D eigenvalue weighted by molar-refractivity contribution is -0.154. The standard InChI is InChI=1S/C19H21F3N4O5S/c1-3-26(4-2)32(29,30)15-7-5-6-13(10-15)17(27)24-25-18(28)14-8-9-16(23-11-14)31-12-19(20,21)22/h5-11H,3-4,12H2,1-2H3,(H,24,27)(H,25,28). The molecule has 32 heavy (non-hydrogen) atoms. The molecule has 0 aliphatic rings. The van der Waals surface area contributed by atoms with Crippen LogP contribution in [-0.4, -0.2) is 55.4 Å². The molecule has 1 aromatic heterocycles. The highest BCUT2D eigenvalue weighted by Crippen LogP contribution is 2.18. The van der Waals surface area contributed by atoms with Crippen LogP contribution in [0.15, 0.2) is 47.5 Å². The Labute approximate surface area is 182 Å². The second-order valence-corrected chi connectivity index (χ2v) is 8.25. The van der Waals surface area contributed by atoms with Crippen molar-refractivity contribution in [1.82, 2.24) is 20.1 Å². The predicted octanol–water partition coefficient (Wildman–Crippen LogP) is 2.13. The first-order valence-electron chi connectivity index (χ1n) is 9.34. The maximum absolute atomic E-state index is 12.6. The number of hydrogen-bond donors (Lipinski definition) is 2. The van der Waals surface area contributed by atoms with Gasteiger partial charge in [0.15, 0.2) is 6.61 Å². The van der Waals surface area contributed by atoms with Gasteiger partial charge in [-0.25, -0.2) is 13.4 Å². The normalized spacial score (nSPS) is 11.8. The van der Waals surface area contributed by atoms with Gasteiger partial charge in [-0.1, -0.05) is 19.9 Å². The van der Waals surface area contributed by atoms with Crippen LogP contribution in [0.4, 0.5) is 13.2 Å². The molecule has 0 bridgehead atoms. The maximum atomic E-state index is 12.6. The minimum Gasteiger partial charge on any atom is -0.468 e. The minimum absolute atomic E-state index is 0.00689. The number of aromatic nitrogens is 1. The molecule has 9 nitrogen and oxygen atoms in total. The molecule has 0 fully saturated rings. The van der Waals surface area contributed by atoms with Crippen molar-refractivity contribution < 1.29 is 35.9 Å². The van der Waals surface area contributed by atoms with Crippen LogP contribution < -0.4 is 15.6 Å². The van der Waals surface area contributed by atoms with Crippen LogP contribution in [0.5, 0.6) is 5.88 Å². The molecule has 0 spiro atoms. The third kappa shape index (κ3) is 6.65. The number of carbonyl (C=O) groups excluding carboxylic acids is 2. The molecule has 174 valence electrons. The van der Waals surface area contributed by atoms with Crippen molar-refractivity contribution in [3.05, 3.63) is 53.7 Å². The van der Waals surface area contributed by atoms with Crippen LogP contribution in [0.25, 0.3) is 0 Å². The lowest BCUT2D eigenvalue weighted by atomic mass is 10.2. The number of halogens is 3. The average molecular weight is 474 g/mol. The number of pyridine rings is 1. The molecule has 0 saturated carbocycles. The molecule has 0 aliphatic heterocycles. The lowest BCUT2D eigenvalue weighted by Gasteiger charge is -2.18. The van der Waals surface area contributed by atoms with Crippen LogP contribution >= 0.6 is 0 Å². The van der Waals surface area contributed by atoms with E-state index in [-0.39, 0.29) is 35.0 Å². The van der Waals surface area contributed by atoms with Crippen LogP contribution in [0.1, 0.15) is 34.6 Å². The van der Waals surface area contributed by atoms with Gasteiger partial charge in [0, 0.05) is 30.9 Å². The number of alkyl halides is 3. The largest absolute Gasteiger partial charge is 0.468 e. The average Bonchev–Trinajstić information content (AvgIpc) is 2.76. The Morgan fingerprint density at radius 3 is 2.19 bits per heavy atom. The molecule has 0 saturated heterocycles. The van der Waals surface area contributed by atoms with Crippen LogP contribution in [0.3, 0.4) is 0 Å². The molecule has 1 heterocycles. The van der Waals surface area contributed by atoms with Gasteiger partial charge in [-0.2, -0.15) is 17.5 Å². The quantitative estimate of drug-likeness (QED) is 0.566. The molecule has 0 atom stereocenters. The number of benzene rings is 1. The fourth-order valence-corrected chi connectivity index (χ4v) is 4.03. The van der Waals surface area contributed by atoms with Gasteiger partial charge in [0.1, 0.15) is 0 Å². The van der Waals surface area contributed by atoms with E-state index in [0.717, 1.165) is 18.3 Å². The molecule has 13 heteroatoms. The Hall–Kier alpha value is -3.19. The van der Waals surface area contributed by atoms with E-state index in [2.05, 4.69) is 20.6 Å². The van der Waals surface area contributed by atoms with Gasteiger partial charge in [-0.3, -0.25) is 20.4 Å². The number of nitrogens with zero attached hydrogens (tertiary/aromatic N) is 2. The number of rotatable bonds is 8. The summed E-state index contributed by atoms with van der Waals surface area (Å²) in [5.41, 5.74) is 4.20. The summed E-state index contributed by atoms with van der Waals surface area (Å²) < 4.78 is 67.3. The summed E-state index contributed by atoms with van der Waals surface area (Å²) in [4.78, 5) is 28.0. The maximum Gasteiger partial charge on any atom is 0.422 e. The summed E-state index contributed by atoms with van der Waals surface area (Å²) in [6.07, 6.45) is -3.55. The van der Waals surface area contributed by atoms with E-state index in [1.807, 2.05) is 0 Å². The third-order valence-electron chi connectivity index (χ3n) is 4.11. The van der Waals surface area contributed by atoms with Crippen molar-refractivity contribution in [2.24, 2.45) is 0 Å². The summed E-state index contributed by atoms with van der Waals surface area (Å²) in [5.74, 6) is -1.89. The summed E-state index contributed by atoms with van der Waals surface area (Å²) in [5, 5.41) is 0. The third-order valence-corrected chi connectivity index (χ3v) is 6.16. The van der Waals surface area contributed by atoms with E-state index in [0.29, 0.717) is 0 Å². The SMILES string of the molecule is CCN(CC)S(=O)(=O)c1cccc(C(=O)NNC(=O)c2ccc(OCC(F)(F)F)nc2)c1. The zero-order valence-electron chi connectivity index (χ0n) is 17.1. The highest BCUT2D eigenvalue weighted by molar-refractivity contribution is 7.89. The number of ether oxygens (including phenoxy) is 1.